The van der Waals surface area contributed by atoms with E-state index in [1.54, 1.807) is 0 Å². The van der Waals surface area contributed by atoms with E-state index in [9.17, 15) is 4.39 Å². The molecule has 88 valence electrons. The molecule has 0 spiro atoms. The Bertz CT molecular complexity index is 373. The zero-order valence-electron chi connectivity index (χ0n) is 9.16. The molecular formula is C12H16ClFN2. The maximum Gasteiger partial charge on any atom is 0.217 e. The van der Waals surface area contributed by atoms with Crippen molar-refractivity contribution < 1.29 is 4.39 Å². The van der Waals surface area contributed by atoms with Gasteiger partial charge in [-0.1, -0.05) is 6.07 Å². The number of fused-ring (bicyclic) bond motifs is 1. The maximum absolute atomic E-state index is 13.7. The molecule has 0 unspecified atom stereocenters. The van der Waals surface area contributed by atoms with Crippen LogP contribution in [0.15, 0.2) is 18.3 Å². The first-order valence-electron chi connectivity index (χ1n) is 5.69. The summed E-state index contributed by atoms with van der Waals surface area (Å²) in [6.07, 6.45) is 6.09. The first-order chi connectivity index (χ1) is 7.33. The summed E-state index contributed by atoms with van der Waals surface area (Å²) in [5, 5.41) is 0. The molecule has 1 aromatic heterocycles. The van der Waals surface area contributed by atoms with Gasteiger partial charge >= 0.3 is 0 Å². The summed E-state index contributed by atoms with van der Waals surface area (Å²) in [5.74, 6) is -0.272. The number of rotatable bonds is 1. The fourth-order valence-corrected chi connectivity index (χ4v) is 3.28. The Balaban J connectivity index is 0.000000963. The smallest absolute Gasteiger partial charge is 0.217 e. The Kier molecular flexibility index (Phi) is 3.17. The zero-order chi connectivity index (χ0) is 10.3. The average Bonchev–Trinajstić information content (AvgIpc) is 2.77. The van der Waals surface area contributed by atoms with E-state index in [4.69, 9.17) is 0 Å². The van der Waals surface area contributed by atoms with E-state index in [0.717, 1.165) is 31.5 Å². The third-order valence-corrected chi connectivity index (χ3v) is 3.90. The van der Waals surface area contributed by atoms with Crippen molar-refractivity contribution in [2.45, 2.75) is 31.2 Å². The minimum Gasteiger partial charge on any atom is -0.293 e. The van der Waals surface area contributed by atoms with Gasteiger partial charge in [0.2, 0.25) is 5.95 Å². The quantitative estimate of drug-likeness (QED) is 0.704. The van der Waals surface area contributed by atoms with Gasteiger partial charge in [0.1, 0.15) is 0 Å². The predicted molar refractivity (Wildman–Crippen MR) is 63.2 cm³/mol. The Morgan fingerprint density at radius 3 is 2.56 bits per heavy atom. The topological polar surface area (TPSA) is 16.1 Å². The van der Waals surface area contributed by atoms with Crippen LogP contribution in [-0.4, -0.2) is 23.0 Å². The molecule has 2 aliphatic heterocycles. The molecule has 0 bridgehead atoms. The van der Waals surface area contributed by atoms with E-state index in [2.05, 4.69) is 9.88 Å². The summed E-state index contributed by atoms with van der Waals surface area (Å²) in [7, 11) is 0. The van der Waals surface area contributed by atoms with Crippen molar-refractivity contribution in [1.82, 2.24) is 9.88 Å². The fourth-order valence-electron chi connectivity index (χ4n) is 3.28. The van der Waals surface area contributed by atoms with E-state index < -0.39 is 0 Å². The van der Waals surface area contributed by atoms with E-state index >= 15 is 0 Å². The van der Waals surface area contributed by atoms with Gasteiger partial charge in [0.25, 0.3) is 0 Å². The second kappa shape index (κ2) is 4.30. The molecule has 2 nitrogen and oxygen atoms in total. The molecule has 0 amide bonds. The lowest BCUT2D eigenvalue weighted by Crippen LogP contribution is -2.36. The highest BCUT2D eigenvalue weighted by Gasteiger charge is 2.46. The first kappa shape index (κ1) is 11.8. The molecule has 0 atom stereocenters. The van der Waals surface area contributed by atoms with E-state index in [0.29, 0.717) is 0 Å². The van der Waals surface area contributed by atoms with Crippen LogP contribution >= 0.6 is 12.4 Å². The number of pyridine rings is 1. The van der Waals surface area contributed by atoms with Crippen LogP contribution in [-0.2, 0) is 5.54 Å². The van der Waals surface area contributed by atoms with Crippen LogP contribution in [0.3, 0.4) is 0 Å². The number of hydrogen-bond acceptors (Lipinski definition) is 2. The number of nitrogens with zero attached hydrogens (tertiary/aromatic N) is 2. The van der Waals surface area contributed by atoms with Gasteiger partial charge in [0, 0.05) is 11.8 Å². The summed E-state index contributed by atoms with van der Waals surface area (Å²) >= 11 is 0. The molecule has 0 radical (unpaired) electrons. The van der Waals surface area contributed by atoms with Gasteiger partial charge in [-0.2, -0.15) is 4.39 Å². The molecule has 16 heavy (non-hydrogen) atoms. The van der Waals surface area contributed by atoms with Gasteiger partial charge < -0.3 is 0 Å². The molecule has 0 saturated carbocycles. The number of hydrogen-bond donors (Lipinski definition) is 0. The summed E-state index contributed by atoms with van der Waals surface area (Å²) in [6, 6.07) is 3.76. The zero-order valence-corrected chi connectivity index (χ0v) is 9.97. The molecule has 0 N–H and O–H groups in total. The third kappa shape index (κ3) is 1.54. The van der Waals surface area contributed by atoms with Gasteiger partial charge in [0.15, 0.2) is 0 Å². The normalized spacial score (nSPS) is 22.8. The average molecular weight is 243 g/mol. The van der Waals surface area contributed by atoms with Crippen molar-refractivity contribution in [3.63, 3.8) is 0 Å². The van der Waals surface area contributed by atoms with Crippen LogP contribution in [0, 0.1) is 5.95 Å². The highest BCUT2D eigenvalue weighted by atomic mass is 35.5. The molecule has 0 aromatic carbocycles. The van der Waals surface area contributed by atoms with Crippen LogP contribution in [0.4, 0.5) is 4.39 Å². The molecule has 3 heterocycles. The van der Waals surface area contributed by atoms with Crippen LogP contribution in [0.5, 0.6) is 0 Å². The van der Waals surface area contributed by atoms with E-state index in [1.165, 1.54) is 19.0 Å². The van der Waals surface area contributed by atoms with Gasteiger partial charge in [0.05, 0.1) is 5.54 Å². The standard InChI is InChI=1S/C12H15FN2.ClH/c13-11-10(4-1-7-14-11)12-5-2-8-15(12)9-3-6-12;/h1,4,7H,2-3,5-6,8-9H2;1H. The van der Waals surface area contributed by atoms with Gasteiger partial charge in [-0.15, -0.1) is 12.4 Å². The molecule has 2 aliphatic rings. The van der Waals surface area contributed by atoms with E-state index in [-0.39, 0.29) is 23.9 Å². The molecule has 2 fully saturated rings. The van der Waals surface area contributed by atoms with Gasteiger partial charge in [-0.3, -0.25) is 4.90 Å². The SMILES string of the molecule is Cl.Fc1ncccc1C12CCCN1CCC2. The highest BCUT2D eigenvalue weighted by molar-refractivity contribution is 5.85. The lowest BCUT2D eigenvalue weighted by Gasteiger charge is -2.32. The fraction of sp³-hybridized carbons (Fsp3) is 0.583. The number of halogens is 2. The molecule has 1 aromatic rings. The van der Waals surface area contributed by atoms with Crippen molar-refractivity contribution in [3.05, 3.63) is 29.8 Å². The largest absolute Gasteiger partial charge is 0.293 e. The Labute approximate surface area is 101 Å². The Hall–Kier alpha value is -0.670. The summed E-state index contributed by atoms with van der Waals surface area (Å²) in [4.78, 5) is 6.22. The van der Waals surface area contributed by atoms with Crippen LogP contribution in [0.25, 0.3) is 0 Å². The van der Waals surface area contributed by atoms with Crippen molar-refractivity contribution >= 4 is 12.4 Å². The lowest BCUT2D eigenvalue weighted by atomic mass is 9.87. The van der Waals surface area contributed by atoms with E-state index in [1.807, 2.05) is 12.1 Å². The monoisotopic (exact) mass is 242 g/mol. The third-order valence-electron chi connectivity index (χ3n) is 3.90. The molecular weight excluding hydrogens is 227 g/mol. The minimum absolute atomic E-state index is 0. The summed E-state index contributed by atoms with van der Waals surface area (Å²) < 4.78 is 13.7. The Morgan fingerprint density at radius 2 is 1.94 bits per heavy atom. The predicted octanol–water partition coefficient (Wildman–Crippen LogP) is 2.73. The minimum atomic E-state index is -0.272. The van der Waals surface area contributed by atoms with Crippen LogP contribution in [0.2, 0.25) is 0 Å². The van der Waals surface area contributed by atoms with Crippen LogP contribution in [0.1, 0.15) is 31.2 Å². The second-order valence-electron chi connectivity index (χ2n) is 4.57. The summed E-state index contributed by atoms with van der Waals surface area (Å²) in [6.45, 7) is 2.24. The van der Waals surface area contributed by atoms with Gasteiger partial charge in [-0.25, -0.2) is 4.98 Å². The Morgan fingerprint density at radius 1 is 1.25 bits per heavy atom. The van der Waals surface area contributed by atoms with Crippen LogP contribution < -0.4 is 0 Å². The van der Waals surface area contributed by atoms with Gasteiger partial charge in [-0.05, 0) is 44.8 Å². The van der Waals surface area contributed by atoms with Crippen molar-refractivity contribution in [2.24, 2.45) is 0 Å². The first-order valence-corrected chi connectivity index (χ1v) is 5.69. The molecule has 2 saturated heterocycles. The lowest BCUT2D eigenvalue weighted by molar-refractivity contribution is 0.190. The second-order valence-corrected chi connectivity index (χ2v) is 4.57. The summed E-state index contributed by atoms with van der Waals surface area (Å²) in [5.41, 5.74) is 0.804. The molecule has 4 heteroatoms. The number of aromatic nitrogens is 1. The maximum atomic E-state index is 13.7. The van der Waals surface area contributed by atoms with Crippen molar-refractivity contribution in [2.75, 3.05) is 13.1 Å². The molecule has 0 aliphatic carbocycles. The molecule has 3 rings (SSSR count). The van der Waals surface area contributed by atoms with Crippen molar-refractivity contribution in [3.8, 4) is 0 Å². The highest BCUT2D eigenvalue weighted by Crippen LogP contribution is 2.47. The van der Waals surface area contributed by atoms with Crippen molar-refractivity contribution in [1.29, 1.82) is 0 Å².